The van der Waals surface area contributed by atoms with Crippen LogP contribution in [0, 0.1) is 0 Å². The van der Waals surface area contributed by atoms with Crippen molar-refractivity contribution in [3.63, 3.8) is 0 Å². The molecule has 0 saturated carbocycles. The molecule has 30 heavy (non-hydrogen) atoms. The summed E-state index contributed by atoms with van der Waals surface area (Å²) < 4.78 is 43.8. The number of nitrogens with zero attached hydrogens (tertiary/aromatic N) is 4. The highest BCUT2D eigenvalue weighted by molar-refractivity contribution is 7.98. The van der Waals surface area contributed by atoms with Crippen LogP contribution >= 0.6 is 35.0 Å². The van der Waals surface area contributed by atoms with Gasteiger partial charge in [0.1, 0.15) is 6.33 Å². The molecule has 1 aliphatic heterocycles. The molecule has 0 spiro atoms. The maximum Gasteiger partial charge on any atom is 0.435 e. The third-order valence-corrected chi connectivity index (χ3v) is 5.62. The molecule has 3 aromatic rings. The van der Waals surface area contributed by atoms with Crippen LogP contribution in [0.5, 0.6) is 0 Å². The molecule has 0 bridgehead atoms. The molecule has 2 heterocycles. The lowest BCUT2D eigenvalue weighted by Gasteiger charge is -2.29. The SMILES string of the molecule is CSc1ncn(-c2ccc(C3=NOC(c4cc(Cl)cc(Cl)c4)(C(F)(F)F)C3)cc2)n1. The van der Waals surface area contributed by atoms with Gasteiger partial charge in [-0.1, -0.05) is 52.3 Å². The van der Waals surface area contributed by atoms with Gasteiger partial charge < -0.3 is 4.84 Å². The van der Waals surface area contributed by atoms with Crippen molar-refractivity contribution in [2.45, 2.75) is 23.4 Å². The zero-order valence-electron chi connectivity index (χ0n) is 15.3. The van der Waals surface area contributed by atoms with Crippen LogP contribution in [0.1, 0.15) is 17.5 Å². The van der Waals surface area contributed by atoms with E-state index in [-0.39, 0.29) is 21.3 Å². The van der Waals surface area contributed by atoms with Crippen LogP contribution in [0.15, 0.2) is 59.1 Å². The second kappa shape index (κ2) is 7.79. The van der Waals surface area contributed by atoms with E-state index in [1.54, 1.807) is 35.3 Å². The number of rotatable bonds is 4. The third kappa shape index (κ3) is 3.77. The predicted octanol–water partition coefficient (Wildman–Crippen LogP) is 5.88. The van der Waals surface area contributed by atoms with Gasteiger partial charge in [0.05, 0.1) is 11.4 Å². The lowest BCUT2D eigenvalue weighted by atomic mass is 9.86. The van der Waals surface area contributed by atoms with Crippen molar-refractivity contribution >= 4 is 40.7 Å². The molecule has 1 aromatic heterocycles. The Morgan fingerprint density at radius 2 is 1.77 bits per heavy atom. The number of hydrogen-bond acceptors (Lipinski definition) is 5. The fraction of sp³-hybridized carbons (Fsp3) is 0.211. The van der Waals surface area contributed by atoms with E-state index in [1.807, 2.05) is 6.26 Å². The molecule has 4 rings (SSSR count). The minimum atomic E-state index is -4.73. The standard InChI is InChI=1S/C19H13Cl2F3N4OS/c1-30-17-25-10-28(26-17)15-4-2-11(3-5-15)16-9-18(29-27-16,19(22,23)24)12-6-13(20)8-14(21)7-12/h2-8,10H,9H2,1H3. The maximum absolute atomic E-state index is 14.1. The number of benzene rings is 2. The van der Waals surface area contributed by atoms with Gasteiger partial charge in [-0.25, -0.2) is 9.67 Å². The number of thioether (sulfide) groups is 1. The predicted molar refractivity (Wildman–Crippen MR) is 110 cm³/mol. The van der Waals surface area contributed by atoms with Crippen LogP contribution in [0.3, 0.4) is 0 Å². The van der Waals surface area contributed by atoms with Gasteiger partial charge in [0, 0.05) is 22.0 Å². The number of halogens is 5. The highest BCUT2D eigenvalue weighted by Crippen LogP contribution is 2.49. The Balaban J connectivity index is 1.64. The van der Waals surface area contributed by atoms with E-state index in [9.17, 15) is 13.2 Å². The molecule has 2 aromatic carbocycles. The molecule has 0 amide bonds. The van der Waals surface area contributed by atoms with Gasteiger partial charge in [0.15, 0.2) is 0 Å². The molecule has 5 nitrogen and oxygen atoms in total. The van der Waals surface area contributed by atoms with Crippen molar-refractivity contribution in [3.8, 4) is 5.69 Å². The van der Waals surface area contributed by atoms with Gasteiger partial charge in [-0.3, -0.25) is 0 Å². The summed E-state index contributed by atoms with van der Waals surface area (Å²) in [7, 11) is 0. The molecule has 1 atom stereocenters. The Bertz CT molecular complexity index is 1100. The molecule has 0 N–H and O–H groups in total. The lowest BCUT2D eigenvalue weighted by molar-refractivity contribution is -0.275. The van der Waals surface area contributed by atoms with Gasteiger partial charge in [-0.2, -0.15) is 13.2 Å². The summed E-state index contributed by atoms with van der Waals surface area (Å²) in [5, 5.41) is 8.81. The first-order valence-corrected chi connectivity index (χ1v) is 10.5. The summed E-state index contributed by atoms with van der Waals surface area (Å²) in [6.07, 6.45) is -1.82. The van der Waals surface area contributed by atoms with Gasteiger partial charge in [0.25, 0.3) is 5.60 Å². The first-order chi connectivity index (χ1) is 14.2. The second-order valence-electron chi connectivity index (χ2n) is 6.51. The van der Waals surface area contributed by atoms with Crippen molar-refractivity contribution in [2.24, 2.45) is 5.16 Å². The molecular weight excluding hydrogens is 460 g/mol. The molecule has 0 saturated heterocycles. The molecule has 1 unspecified atom stereocenters. The summed E-state index contributed by atoms with van der Waals surface area (Å²) in [4.78, 5) is 9.15. The fourth-order valence-corrected chi connectivity index (χ4v) is 3.97. The van der Waals surface area contributed by atoms with Crippen LogP contribution in [-0.4, -0.2) is 32.9 Å². The minimum Gasteiger partial charge on any atom is -0.374 e. The zero-order valence-corrected chi connectivity index (χ0v) is 17.6. The minimum absolute atomic E-state index is 0.0833. The summed E-state index contributed by atoms with van der Waals surface area (Å²) in [5.41, 5.74) is -1.47. The monoisotopic (exact) mass is 472 g/mol. The summed E-state index contributed by atoms with van der Waals surface area (Å²) in [6.45, 7) is 0. The molecule has 11 heteroatoms. The Kier molecular flexibility index (Phi) is 5.46. The number of hydrogen-bond donors (Lipinski definition) is 0. The largest absolute Gasteiger partial charge is 0.435 e. The molecule has 1 aliphatic rings. The van der Waals surface area contributed by atoms with E-state index in [4.69, 9.17) is 28.0 Å². The summed E-state index contributed by atoms with van der Waals surface area (Å²) in [5.74, 6) is 0. The van der Waals surface area contributed by atoms with Crippen molar-refractivity contribution in [3.05, 3.63) is 70.0 Å². The number of alkyl halides is 3. The van der Waals surface area contributed by atoms with Crippen LogP contribution in [0.2, 0.25) is 10.0 Å². The summed E-state index contributed by atoms with van der Waals surface area (Å²) >= 11 is 13.3. The van der Waals surface area contributed by atoms with E-state index >= 15 is 0 Å². The number of aromatic nitrogens is 3. The molecule has 0 radical (unpaired) electrons. The van der Waals surface area contributed by atoms with Crippen molar-refractivity contribution < 1.29 is 18.0 Å². The van der Waals surface area contributed by atoms with Crippen molar-refractivity contribution in [2.75, 3.05) is 6.26 Å². The Morgan fingerprint density at radius 1 is 1.10 bits per heavy atom. The van der Waals surface area contributed by atoms with E-state index in [0.717, 1.165) is 5.69 Å². The Hall–Kier alpha value is -2.23. The molecule has 156 valence electrons. The molecule has 0 fully saturated rings. The van der Waals surface area contributed by atoms with Crippen molar-refractivity contribution in [1.82, 2.24) is 14.8 Å². The van der Waals surface area contributed by atoms with Gasteiger partial charge >= 0.3 is 6.18 Å². The summed E-state index contributed by atoms with van der Waals surface area (Å²) in [6, 6.07) is 10.5. The first kappa shape index (κ1) is 21.0. The smallest absolute Gasteiger partial charge is 0.374 e. The van der Waals surface area contributed by atoms with Crippen LogP contribution in [-0.2, 0) is 10.4 Å². The lowest BCUT2D eigenvalue weighted by Crippen LogP contribution is -2.42. The van der Waals surface area contributed by atoms with E-state index < -0.39 is 18.2 Å². The number of oxime groups is 1. The van der Waals surface area contributed by atoms with Crippen LogP contribution in [0.4, 0.5) is 13.2 Å². The molecule has 0 aliphatic carbocycles. The second-order valence-corrected chi connectivity index (χ2v) is 8.16. The zero-order chi connectivity index (χ0) is 21.5. The van der Waals surface area contributed by atoms with Crippen LogP contribution in [0.25, 0.3) is 5.69 Å². The van der Waals surface area contributed by atoms with Crippen molar-refractivity contribution in [1.29, 1.82) is 0 Å². The maximum atomic E-state index is 14.1. The average Bonchev–Trinajstić information content (AvgIpc) is 3.35. The average molecular weight is 473 g/mol. The van der Waals surface area contributed by atoms with E-state index in [2.05, 4.69) is 15.2 Å². The van der Waals surface area contributed by atoms with Crippen LogP contribution < -0.4 is 0 Å². The topological polar surface area (TPSA) is 52.3 Å². The quantitative estimate of drug-likeness (QED) is 0.445. The van der Waals surface area contributed by atoms with Gasteiger partial charge in [-0.15, -0.1) is 5.10 Å². The normalized spacial score (nSPS) is 18.9. The fourth-order valence-electron chi connectivity index (χ4n) is 3.12. The highest BCUT2D eigenvalue weighted by Gasteiger charge is 2.62. The highest BCUT2D eigenvalue weighted by atomic mass is 35.5. The van der Waals surface area contributed by atoms with Gasteiger partial charge in [0.2, 0.25) is 5.16 Å². The Morgan fingerprint density at radius 3 is 2.33 bits per heavy atom. The van der Waals surface area contributed by atoms with Gasteiger partial charge in [-0.05, 0) is 42.2 Å². The van der Waals surface area contributed by atoms with E-state index in [0.29, 0.717) is 10.7 Å². The third-order valence-electron chi connectivity index (χ3n) is 4.63. The molecular formula is C19H13Cl2F3N4OS. The van der Waals surface area contributed by atoms with E-state index in [1.165, 1.54) is 30.0 Å². The Labute approximate surface area is 183 Å². The first-order valence-electron chi connectivity index (χ1n) is 8.57.